The first-order chi connectivity index (χ1) is 12.7. The minimum Gasteiger partial charge on any atom is -0.295 e. The highest BCUT2D eigenvalue weighted by molar-refractivity contribution is 5.59. The van der Waals surface area contributed by atoms with Crippen molar-refractivity contribution >= 4 is 0 Å². The summed E-state index contributed by atoms with van der Waals surface area (Å²) in [5.41, 5.74) is 1.88. The van der Waals surface area contributed by atoms with Crippen molar-refractivity contribution in [1.82, 2.24) is 9.13 Å². The van der Waals surface area contributed by atoms with Crippen LogP contribution in [0.4, 0.5) is 4.39 Å². The van der Waals surface area contributed by atoms with Crippen LogP contribution < -0.4 is 5.69 Å². The summed E-state index contributed by atoms with van der Waals surface area (Å²) in [5, 5.41) is 0. The number of benzene rings is 1. The standard InChI is InChI=1S/C22H25FN2O/c23-18-3-1-2-15(11-18)20-12-24(22(26)25(20)19-4-5-19)21-16-7-13-6-14(9-16)10-17(21)8-13/h1-3,11-14,16-17,19,21H,4-10H2. The van der Waals surface area contributed by atoms with Gasteiger partial charge in [0, 0.05) is 23.8 Å². The van der Waals surface area contributed by atoms with E-state index in [1.54, 1.807) is 12.1 Å². The van der Waals surface area contributed by atoms with Gasteiger partial charge in [0.25, 0.3) is 0 Å². The van der Waals surface area contributed by atoms with Gasteiger partial charge in [-0.2, -0.15) is 0 Å². The van der Waals surface area contributed by atoms with Crippen LogP contribution in [-0.2, 0) is 0 Å². The third kappa shape index (κ3) is 2.20. The highest BCUT2D eigenvalue weighted by atomic mass is 19.1. The Hall–Kier alpha value is -1.84. The molecule has 136 valence electrons. The molecule has 4 heteroatoms. The van der Waals surface area contributed by atoms with Crippen molar-refractivity contribution in [3.8, 4) is 11.3 Å². The number of nitrogens with zero attached hydrogens (tertiary/aromatic N) is 2. The summed E-state index contributed by atoms with van der Waals surface area (Å²) in [7, 11) is 0. The Morgan fingerprint density at radius 3 is 2.27 bits per heavy atom. The Morgan fingerprint density at radius 1 is 0.962 bits per heavy atom. The average molecular weight is 352 g/mol. The van der Waals surface area contributed by atoms with Gasteiger partial charge in [-0.05, 0) is 80.8 Å². The lowest BCUT2D eigenvalue weighted by atomic mass is 9.54. The first-order valence-corrected chi connectivity index (χ1v) is 10.3. The van der Waals surface area contributed by atoms with Crippen LogP contribution in [0.3, 0.4) is 0 Å². The Morgan fingerprint density at radius 2 is 1.65 bits per heavy atom. The number of rotatable bonds is 3. The fraction of sp³-hybridized carbons (Fsp3) is 0.591. The molecule has 0 radical (unpaired) electrons. The highest BCUT2D eigenvalue weighted by Gasteiger charge is 2.49. The zero-order valence-electron chi connectivity index (χ0n) is 15.0. The normalized spacial score (nSPS) is 35.2. The Balaban J connectivity index is 1.48. The first-order valence-electron chi connectivity index (χ1n) is 10.3. The summed E-state index contributed by atoms with van der Waals surface area (Å²) in [4.78, 5) is 13.4. The van der Waals surface area contributed by atoms with Gasteiger partial charge in [-0.1, -0.05) is 12.1 Å². The second-order valence-corrected chi connectivity index (χ2v) is 9.24. The van der Waals surface area contributed by atoms with Crippen molar-refractivity contribution in [2.75, 3.05) is 0 Å². The van der Waals surface area contributed by atoms with E-state index in [1.165, 1.54) is 38.2 Å². The van der Waals surface area contributed by atoms with E-state index in [2.05, 4.69) is 10.8 Å². The zero-order valence-corrected chi connectivity index (χ0v) is 15.0. The van der Waals surface area contributed by atoms with Gasteiger partial charge in [0.2, 0.25) is 0 Å². The van der Waals surface area contributed by atoms with Gasteiger partial charge in [-0.3, -0.25) is 9.13 Å². The van der Waals surface area contributed by atoms with Gasteiger partial charge in [0.1, 0.15) is 5.82 Å². The number of imidazole rings is 1. The van der Waals surface area contributed by atoms with Crippen LogP contribution >= 0.6 is 0 Å². The summed E-state index contributed by atoms with van der Waals surface area (Å²) in [5.74, 6) is 2.90. The van der Waals surface area contributed by atoms with Gasteiger partial charge < -0.3 is 0 Å². The first kappa shape index (κ1) is 15.2. The van der Waals surface area contributed by atoms with E-state index in [9.17, 15) is 9.18 Å². The molecule has 2 aromatic rings. The molecule has 5 saturated carbocycles. The molecule has 7 rings (SSSR count). The minimum absolute atomic E-state index is 0.143. The van der Waals surface area contributed by atoms with Crippen LogP contribution in [0.25, 0.3) is 11.3 Å². The maximum Gasteiger partial charge on any atom is 0.329 e. The van der Waals surface area contributed by atoms with Crippen LogP contribution in [0.2, 0.25) is 0 Å². The molecule has 1 aromatic heterocycles. The predicted molar refractivity (Wildman–Crippen MR) is 98.4 cm³/mol. The van der Waals surface area contributed by atoms with Gasteiger partial charge in [-0.25, -0.2) is 9.18 Å². The van der Waals surface area contributed by atoms with E-state index in [4.69, 9.17) is 0 Å². The van der Waals surface area contributed by atoms with Gasteiger partial charge in [-0.15, -0.1) is 0 Å². The topological polar surface area (TPSA) is 26.9 Å². The molecule has 0 saturated heterocycles. The number of hydrogen-bond donors (Lipinski definition) is 0. The number of aromatic nitrogens is 2. The summed E-state index contributed by atoms with van der Waals surface area (Å²) in [6.07, 6.45) is 10.8. The SMILES string of the molecule is O=c1n(C2C3CC4CC(C3)CC2C4)cc(-c2cccc(F)c2)n1C1CC1. The van der Waals surface area contributed by atoms with E-state index in [1.807, 2.05) is 10.6 Å². The summed E-state index contributed by atoms with van der Waals surface area (Å²) >= 11 is 0. The Bertz CT molecular complexity index is 894. The molecular formula is C22H25FN2O. The second kappa shape index (κ2) is 5.34. The van der Waals surface area contributed by atoms with Crippen molar-refractivity contribution in [1.29, 1.82) is 0 Å². The maximum atomic E-state index is 13.8. The van der Waals surface area contributed by atoms with Crippen LogP contribution in [0.15, 0.2) is 35.3 Å². The van der Waals surface area contributed by atoms with E-state index >= 15 is 0 Å². The smallest absolute Gasteiger partial charge is 0.295 e. The van der Waals surface area contributed by atoms with Gasteiger partial charge >= 0.3 is 5.69 Å². The second-order valence-electron chi connectivity index (χ2n) is 9.24. The Labute approximate surface area is 152 Å². The molecule has 26 heavy (non-hydrogen) atoms. The molecule has 0 aliphatic heterocycles. The molecule has 3 nitrogen and oxygen atoms in total. The van der Waals surface area contributed by atoms with Crippen molar-refractivity contribution in [2.24, 2.45) is 23.7 Å². The fourth-order valence-electron chi connectivity index (χ4n) is 6.59. The fourth-order valence-corrected chi connectivity index (χ4v) is 6.59. The molecule has 5 aliphatic carbocycles. The van der Waals surface area contributed by atoms with E-state index in [0.717, 1.165) is 35.9 Å². The molecule has 0 N–H and O–H groups in total. The summed E-state index contributed by atoms with van der Waals surface area (Å²) in [6.45, 7) is 0. The lowest BCUT2D eigenvalue weighted by molar-refractivity contribution is -0.0305. The molecule has 0 amide bonds. The largest absolute Gasteiger partial charge is 0.329 e. The lowest BCUT2D eigenvalue weighted by Gasteiger charge is -2.54. The monoisotopic (exact) mass is 352 g/mol. The molecule has 1 aromatic carbocycles. The van der Waals surface area contributed by atoms with Crippen molar-refractivity contribution in [2.45, 2.75) is 57.0 Å². The molecule has 4 bridgehead atoms. The molecule has 0 unspecified atom stereocenters. The quantitative estimate of drug-likeness (QED) is 0.780. The van der Waals surface area contributed by atoms with Crippen molar-refractivity contribution in [3.63, 3.8) is 0 Å². The van der Waals surface area contributed by atoms with E-state index in [0.29, 0.717) is 23.9 Å². The van der Waals surface area contributed by atoms with Crippen molar-refractivity contribution < 1.29 is 4.39 Å². The number of halogens is 1. The van der Waals surface area contributed by atoms with Crippen LogP contribution in [0, 0.1) is 29.5 Å². The molecule has 0 atom stereocenters. The average Bonchev–Trinajstić information content (AvgIpc) is 3.38. The summed E-state index contributed by atoms with van der Waals surface area (Å²) < 4.78 is 17.8. The number of hydrogen-bond acceptors (Lipinski definition) is 1. The van der Waals surface area contributed by atoms with Crippen LogP contribution in [-0.4, -0.2) is 9.13 Å². The highest BCUT2D eigenvalue weighted by Crippen LogP contribution is 2.58. The molecular weight excluding hydrogens is 327 g/mol. The molecule has 1 heterocycles. The Kier molecular flexibility index (Phi) is 3.13. The summed E-state index contributed by atoms with van der Waals surface area (Å²) in [6, 6.07) is 7.37. The molecule has 0 spiro atoms. The van der Waals surface area contributed by atoms with E-state index < -0.39 is 0 Å². The van der Waals surface area contributed by atoms with Crippen LogP contribution in [0.1, 0.15) is 57.0 Å². The molecule has 5 fully saturated rings. The maximum absolute atomic E-state index is 13.8. The minimum atomic E-state index is -0.236. The van der Waals surface area contributed by atoms with E-state index in [-0.39, 0.29) is 11.5 Å². The molecule has 5 aliphatic rings. The third-order valence-electron chi connectivity index (χ3n) is 7.48. The predicted octanol–water partition coefficient (Wildman–Crippen LogP) is 4.79. The van der Waals surface area contributed by atoms with Crippen molar-refractivity contribution in [3.05, 3.63) is 46.8 Å². The zero-order chi connectivity index (χ0) is 17.4. The third-order valence-corrected chi connectivity index (χ3v) is 7.48. The van der Waals surface area contributed by atoms with Gasteiger partial charge in [0.15, 0.2) is 0 Å². The lowest BCUT2D eigenvalue weighted by Crippen LogP contribution is -2.48. The van der Waals surface area contributed by atoms with Crippen LogP contribution in [0.5, 0.6) is 0 Å². The van der Waals surface area contributed by atoms with Gasteiger partial charge in [0.05, 0.1) is 5.69 Å².